The van der Waals surface area contributed by atoms with Crippen LogP contribution in [0, 0.1) is 0 Å². The van der Waals surface area contributed by atoms with E-state index in [0.29, 0.717) is 22.3 Å². The summed E-state index contributed by atoms with van der Waals surface area (Å²) in [7, 11) is 0. The molecule has 0 aliphatic carbocycles. The number of hydrogen-bond donors (Lipinski definition) is 0. The highest BCUT2D eigenvalue weighted by molar-refractivity contribution is 6.00. The van der Waals surface area contributed by atoms with Crippen molar-refractivity contribution in [3.05, 3.63) is 142 Å². The molecule has 0 radical (unpaired) electrons. The van der Waals surface area contributed by atoms with Crippen LogP contribution in [0.3, 0.4) is 0 Å². The van der Waals surface area contributed by atoms with Crippen molar-refractivity contribution in [2.24, 2.45) is 0 Å². The summed E-state index contributed by atoms with van der Waals surface area (Å²) in [5, 5.41) is 0. The zero-order valence-corrected chi connectivity index (χ0v) is 27.3. The van der Waals surface area contributed by atoms with E-state index in [0.717, 1.165) is 35.1 Å². The molecule has 0 saturated carbocycles. The number of benzene rings is 4. The van der Waals surface area contributed by atoms with Gasteiger partial charge < -0.3 is 9.47 Å². The molecule has 4 aromatic rings. The number of rotatable bonds is 8. The molecule has 0 unspecified atom stereocenters. The molecule has 4 nitrogen and oxygen atoms in total. The van der Waals surface area contributed by atoms with Gasteiger partial charge in [0.05, 0.1) is 11.1 Å². The quantitative estimate of drug-likeness (QED) is 0.117. The Morgan fingerprint density at radius 2 is 0.727 bits per heavy atom. The van der Waals surface area contributed by atoms with Crippen LogP contribution in [0.2, 0.25) is 0 Å². The van der Waals surface area contributed by atoms with Crippen molar-refractivity contribution in [2.45, 2.75) is 79.1 Å². The fourth-order valence-electron chi connectivity index (χ4n) is 4.77. The summed E-state index contributed by atoms with van der Waals surface area (Å²) in [6.07, 6.45) is 1.73. The number of carbonyl (C=O) groups is 2. The molecule has 4 heteroatoms. The van der Waals surface area contributed by atoms with Crippen molar-refractivity contribution in [2.75, 3.05) is 0 Å². The number of aryl methyl sites for hydroxylation is 2. The average molecular weight is 589 g/mol. The zero-order valence-electron chi connectivity index (χ0n) is 27.3. The molecule has 228 valence electrons. The minimum atomic E-state index is -0.533. The molecule has 0 heterocycles. The van der Waals surface area contributed by atoms with Crippen molar-refractivity contribution >= 4 is 23.5 Å². The second-order valence-electron chi connectivity index (χ2n) is 13.2. The molecule has 0 aromatic heterocycles. The van der Waals surface area contributed by atoms with Gasteiger partial charge in [-0.05, 0) is 70.2 Å². The third-order valence-corrected chi connectivity index (χ3v) is 7.82. The van der Waals surface area contributed by atoms with Crippen LogP contribution in [0.1, 0.15) is 109 Å². The Kier molecular flexibility index (Phi) is 9.94. The first kappa shape index (κ1) is 32.5. The maximum Gasteiger partial charge on any atom is 0.343 e. The van der Waals surface area contributed by atoms with Crippen LogP contribution in [-0.2, 0) is 33.1 Å². The first-order chi connectivity index (χ1) is 20.8. The van der Waals surface area contributed by atoms with Gasteiger partial charge in [-0.2, -0.15) is 0 Å². The molecule has 4 aromatic carbocycles. The molecule has 0 N–H and O–H groups in total. The van der Waals surface area contributed by atoms with Gasteiger partial charge in [0.1, 0.15) is 0 Å². The number of ether oxygens (including phenoxy) is 2. The van der Waals surface area contributed by atoms with E-state index in [1.54, 1.807) is 24.3 Å². The van der Waals surface area contributed by atoms with Gasteiger partial charge in [-0.25, -0.2) is 9.59 Å². The SMILES string of the molecule is CCc1ccc(C(=O)OC(=C(OC(=O)c2ccc(CC)cc2)c2ccc(C(C)(C)C)cc2)c2ccc(C(C)(C)C)cc2)cc1. The summed E-state index contributed by atoms with van der Waals surface area (Å²) in [5.74, 6) is -0.710. The Morgan fingerprint density at radius 3 is 0.977 bits per heavy atom. The Labute approximate surface area is 262 Å². The molecule has 0 spiro atoms. The lowest BCUT2D eigenvalue weighted by atomic mass is 9.86. The molecule has 44 heavy (non-hydrogen) atoms. The normalized spacial score (nSPS) is 12.4. The first-order valence-electron chi connectivity index (χ1n) is 15.4. The van der Waals surface area contributed by atoms with Crippen LogP contribution in [0.25, 0.3) is 11.5 Å². The van der Waals surface area contributed by atoms with Crippen molar-refractivity contribution in [1.29, 1.82) is 0 Å². The summed E-state index contributed by atoms with van der Waals surface area (Å²) < 4.78 is 12.3. The lowest BCUT2D eigenvalue weighted by Crippen LogP contribution is -2.13. The minimum Gasteiger partial charge on any atom is -0.418 e. The van der Waals surface area contributed by atoms with E-state index in [1.807, 2.05) is 72.8 Å². The molecule has 0 atom stereocenters. The highest BCUT2D eigenvalue weighted by Crippen LogP contribution is 2.34. The van der Waals surface area contributed by atoms with Gasteiger partial charge in [-0.3, -0.25) is 0 Å². The third-order valence-electron chi connectivity index (χ3n) is 7.82. The summed E-state index contributed by atoms with van der Waals surface area (Å²) in [6.45, 7) is 17.0. The molecule has 0 saturated heterocycles. The van der Waals surface area contributed by atoms with Gasteiger partial charge in [0.2, 0.25) is 0 Å². The second kappa shape index (κ2) is 13.5. The largest absolute Gasteiger partial charge is 0.418 e. The highest BCUT2D eigenvalue weighted by Gasteiger charge is 2.25. The maximum atomic E-state index is 13.6. The van der Waals surface area contributed by atoms with E-state index in [9.17, 15) is 9.59 Å². The predicted molar refractivity (Wildman–Crippen MR) is 180 cm³/mol. The number of hydrogen-bond acceptors (Lipinski definition) is 4. The van der Waals surface area contributed by atoms with E-state index in [4.69, 9.17) is 9.47 Å². The first-order valence-corrected chi connectivity index (χ1v) is 15.4. The van der Waals surface area contributed by atoms with Gasteiger partial charge in [0.25, 0.3) is 0 Å². The van der Waals surface area contributed by atoms with E-state index in [2.05, 4.69) is 55.4 Å². The molecule has 0 aliphatic heterocycles. The van der Waals surface area contributed by atoms with Crippen LogP contribution in [-0.4, -0.2) is 11.9 Å². The molecule has 4 rings (SSSR count). The van der Waals surface area contributed by atoms with Crippen molar-refractivity contribution in [1.82, 2.24) is 0 Å². The van der Waals surface area contributed by atoms with E-state index < -0.39 is 11.9 Å². The predicted octanol–water partition coefficient (Wildman–Crippen LogP) is 9.95. The van der Waals surface area contributed by atoms with Gasteiger partial charge in [0.15, 0.2) is 11.5 Å². The Bertz CT molecular complexity index is 1480. The zero-order chi connectivity index (χ0) is 32.1. The molecule has 0 amide bonds. The Balaban J connectivity index is 1.89. The second-order valence-corrected chi connectivity index (χ2v) is 13.2. The third kappa shape index (κ3) is 7.93. The fraction of sp³-hybridized carbons (Fsp3) is 0.300. The summed E-state index contributed by atoms with van der Waals surface area (Å²) >= 11 is 0. The van der Waals surface area contributed by atoms with Gasteiger partial charge in [-0.15, -0.1) is 0 Å². The summed E-state index contributed by atoms with van der Waals surface area (Å²) in [5.41, 5.74) is 6.45. The maximum absolute atomic E-state index is 13.6. The number of esters is 2. The van der Waals surface area contributed by atoms with Crippen LogP contribution in [0.15, 0.2) is 97.1 Å². The molecular formula is C40H44O4. The summed E-state index contributed by atoms with van der Waals surface area (Å²) in [6, 6.07) is 30.5. The van der Waals surface area contributed by atoms with Crippen LogP contribution >= 0.6 is 0 Å². The molecule has 0 aliphatic rings. The lowest BCUT2D eigenvalue weighted by Gasteiger charge is -2.21. The van der Waals surface area contributed by atoms with Gasteiger partial charge in [-0.1, -0.05) is 128 Å². The van der Waals surface area contributed by atoms with E-state index >= 15 is 0 Å². The molecule has 0 bridgehead atoms. The molecular weight excluding hydrogens is 544 g/mol. The monoisotopic (exact) mass is 588 g/mol. The van der Waals surface area contributed by atoms with Crippen molar-refractivity contribution in [3.63, 3.8) is 0 Å². The van der Waals surface area contributed by atoms with Crippen LogP contribution < -0.4 is 0 Å². The van der Waals surface area contributed by atoms with E-state index in [1.165, 1.54) is 0 Å². The van der Waals surface area contributed by atoms with Gasteiger partial charge in [0, 0.05) is 11.1 Å². The topological polar surface area (TPSA) is 52.6 Å². The van der Waals surface area contributed by atoms with Crippen molar-refractivity contribution in [3.8, 4) is 0 Å². The number of carbonyl (C=O) groups excluding carboxylic acids is 2. The standard InChI is InChI=1S/C40H44O4/c1-9-27-11-15-31(16-12-27)37(41)43-35(29-19-23-33(24-20-29)39(3,4)5)36(30-21-25-34(26-22-30)40(6,7)8)44-38(42)32-17-13-28(10-2)14-18-32/h11-26H,9-10H2,1-8H3. The Hall–Kier alpha value is -4.44. The van der Waals surface area contributed by atoms with Crippen molar-refractivity contribution < 1.29 is 19.1 Å². The fourth-order valence-corrected chi connectivity index (χ4v) is 4.77. The minimum absolute atomic E-state index is 0.0666. The highest BCUT2D eigenvalue weighted by atomic mass is 16.6. The van der Waals surface area contributed by atoms with Gasteiger partial charge >= 0.3 is 11.9 Å². The van der Waals surface area contributed by atoms with Crippen LogP contribution in [0.4, 0.5) is 0 Å². The van der Waals surface area contributed by atoms with Crippen LogP contribution in [0.5, 0.6) is 0 Å². The Morgan fingerprint density at radius 1 is 0.455 bits per heavy atom. The molecule has 0 fully saturated rings. The van der Waals surface area contributed by atoms with E-state index in [-0.39, 0.29) is 22.3 Å². The summed E-state index contributed by atoms with van der Waals surface area (Å²) in [4.78, 5) is 27.2. The lowest BCUT2D eigenvalue weighted by molar-refractivity contribution is 0.0646. The smallest absolute Gasteiger partial charge is 0.343 e. The average Bonchev–Trinajstić information content (AvgIpc) is 3.02.